The molecule has 2 aliphatic heterocycles. The molecular weight excluding hydrogens is 355 g/mol. The van der Waals surface area contributed by atoms with E-state index in [4.69, 9.17) is 4.98 Å². The molecule has 2 N–H and O–H groups in total. The number of hydrogen-bond acceptors (Lipinski definition) is 3. The summed E-state index contributed by atoms with van der Waals surface area (Å²) in [7, 11) is 0. The van der Waals surface area contributed by atoms with Crippen molar-refractivity contribution in [2.45, 2.75) is 25.7 Å². The van der Waals surface area contributed by atoms with E-state index in [2.05, 4.69) is 40.3 Å². The Morgan fingerprint density at radius 2 is 1.84 bits per heavy atom. The predicted octanol–water partition coefficient (Wildman–Crippen LogP) is 3.36. The van der Waals surface area contributed by atoms with Gasteiger partial charge in [0.15, 0.2) is 0 Å². The number of rotatable bonds is 3. The lowest BCUT2D eigenvalue weighted by molar-refractivity contribution is 0.195. The van der Waals surface area contributed by atoms with Gasteiger partial charge in [0.25, 0.3) is 0 Å². The van der Waals surface area contributed by atoms with Gasteiger partial charge in [0.2, 0.25) is 0 Å². The van der Waals surface area contributed by atoms with Gasteiger partial charge in [-0.3, -0.25) is 0 Å². The Labute approximate surface area is 162 Å². The van der Waals surface area contributed by atoms with Gasteiger partial charge in [-0.15, -0.1) is 24.8 Å². The first-order chi connectivity index (χ1) is 11.3. The standard InChI is InChI=1S/C19H26N4.2ClH/c1-12-3-2-4-17-18(12)22-19(21-17)13-5-7-23(8-6-13)11-16-14-9-20-10-15(14)16;;/h2-4,13-16,20H,5-11H2,1H3,(H,21,22);2*1H/t14-,15+,16?;;. The molecule has 3 heterocycles. The average Bonchev–Trinajstić information content (AvgIpc) is 2.99. The molecule has 0 amide bonds. The molecule has 1 saturated carbocycles. The number of nitrogens with one attached hydrogen (secondary N) is 2. The number of nitrogens with zero attached hydrogens (tertiary/aromatic N) is 2. The number of H-pyrrole nitrogens is 1. The highest BCUT2D eigenvalue weighted by Gasteiger charge is 2.52. The maximum atomic E-state index is 4.90. The van der Waals surface area contributed by atoms with Gasteiger partial charge < -0.3 is 15.2 Å². The fraction of sp³-hybridized carbons (Fsp3) is 0.632. The summed E-state index contributed by atoms with van der Waals surface area (Å²) in [5.74, 6) is 4.79. The molecule has 1 unspecified atom stereocenters. The summed E-state index contributed by atoms with van der Waals surface area (Å²) in [4.78, 5) is 11.2. The summed E-state index contributed by atoms with van der Waals surface area (Å²) in [6.45, 7) is 8.50. The van der Waals surface area contributed by atoms with Crippen molar-refractivity contribution in [2.24, 2.45) is 17.8 Å². The van der Waals surface area contributed by atoms with E-state index in [0.717, 1.165) is 23.3 Å². The Bertz CT molecular complexity index is 713. The molecule has 4 nitrogen and oxygen atoms in total. The number of hydrogen-bond donors (Lipinski definition) is 2. The monoisotopic (exact) mass is 382 g/mol. The molecule has 3 aliphatic rings. The van der Waals surface area contributed by atoms with Crippen molar-refractivity contribution >= 4 is 35.8 Å². The Balaban J connectivity index is 0.000000911. The summed E-state index contributed by atoms with van der Waals surface area (Å²) in [6.07, 6.45) is 2.50. The van der Waals surface area contributed by atoms with E-state index in [9.17, 15) is 0 Å². The third-order valence-corrected chi connectivity index (χ3v) is 6.45. The normalized spacial score (nSPS) is 29.1. The van der Waals surface area contributed by atoms with Crippen LogP contribution in [0.3, 0.4) is 0 Å². The molecule has 3 fully saturated rings. The molecular formula is C19H28Cl2N4. The zero-order valence-electron chi connectivity index (χ0n) is 14.7. The number of para-hydroxylation sites is 1. The molecule has 3 atom stereocenters. The Morgan fingerprint density at radius 1 is 1.12 bits per heavy atom. The van der Waals surface area contributed by atoms with E-state index < -0.39 is 0 Å². The predicted molar refractivity (Wildman–Crippen MR) is 107 cm³/mol. The molecule has 0 bridgehead atoms. The first-order valence-corrected chi connectivity index (χ1v) is 9.18. The van der Waals surface area contributed by atoms with Gasteiger partial charge in [-0.25, -0.2) is 4.98 Å². The van der Waals surface area contributed by atoms with Crippen molar-refractivity contribution < 1.29 is 0 Å². The van der Waals surface area contributed by atoms with Crippen LogP contribution < -0.4 is 5.32 Å². The maximum Gasteiger partial charge on any atom is 0.110 e. The van der Waals surface area contributed by atoms with Gasteiger partial charge in [-0.2, -0.15) is 0 Å². The van der Waals surface area contributed by atoms with Crippen LogP contribution in [0.25, 0.3) is 11.0 Å². The van der Waals surface area contributed by atoms with Crippen LogP contribution in [-0.2, 0) is 0 Å². The fourth-order valence-electron chi connectivity index (χ4n) is 4.89. The number of aromatic amines is 1. The first-order valence-electron chi connectivity index (χ1n) is 9.18. The van der Waals surface area contributed by atoms with Crippen LogP contribution in [-0.4, -0.2) is 47.6 Å². The lowest BCUT2D eigenvalue weighted by Crippen LogP contribution is -2.36. The number of likely N-dealkylation sites (tertiary alicyclic amines) is 1. The van der Waals surface area contributed by atoms with Crippen molar-refractivity contribution in [3.63, 3.8) is 0 Å². The number of halogens is 2. The Hall–Kier alpha value is -0.810. The van der Waals surface area contributed by atoms with E-state index in [1.165, 1.54) is 62.5 Å². The Kier molecular flexibility index (Phi) is 5.64. The van der Waals surface area contributed by atoms with E-state index in [-0.39, 0.29) is 24.8 Å². The summed E-state index contributed by atoms with van der Waals surface area (Å²) < 4.78 is 0. The molecule has 0 radical (unpaired) electrons. The topological polar surface area (TPSA) is 44.0 Å². The van der Waals surface area contributed by atoms with Crippen LogP contribution >= 0.6 is 24.8 Å². The molecule has 0 spiro atoms. The second-order valence-electron chi connectivity index (χ2n) is 7.82. The Morgan fingerprint density at radius 3 is 2.52 bits per heavy atom. The van der Waals surface area contributed by atoms with E-state index >= 15 is 0 Å². The summed E-state index contributed by atoms with van der Waals surface area (Å²) >= 11 is 0. The van der Waals surface area contributed by atoms with Gasteiger partial charge in [-0.1, -0.05) is 12.1 Å². The fourth-order valence-corrected chi connectivity index (χ4v) is 4.89. The molecule has 1 aromatic carbocycles. The van der Waals surface area contributed by atoms with Crippen LogP contribution in [0, 0.1) is 24.7 Å². The molecule has 2 aromatic rings. The summed E-state index contributed by atoms with van der Waals surface area (Å²) in [5.41, 5.74) is 3.63. The maximum absolute atomic E-state index is 4.90. The van der Waals surface area contributed by atoms with E-state index in [1.54, 1.807) is 0 Å². The zero-order chi connectivity index (χ0) is 15.4. The average molecular weight is 383 g/mol. The second-order valence-corrected chi connectivity index (χ2v) is 7.82. The highest BCUT2D eigenvalue weighted by molar-refractivity contribution is 5.85. The summed E-state index contributed by atoms with van der Waals surface area (Å²) in [6, 6.07) is 6.41. The molecule has 1 aromatic heterocycles. The minimum Gasteiger partial charge on any atom is -0.342 e. The van der Waals surface area contributed by atoms with E-state index in [1.807, 2.05) is 0 Å². The van der Waals surface area contributed by atoms with Crippen LogP contribution in [0.5, 0.6) is 0 Å². The minimum absolute atomic E-state index is 0. The van der Waals surface area contributed by atoms with Crippen LogP contribution in [0.1, 0.15) is 30.1 Å². The number of fused-ring (bicyclic) bond motifs is 2. The van der Waals surface area contributed by atoms with Crippen molar-refractivity contribution in [2.75, 3.05) is 32.7 Å². The van der Waals surface area contributed by atoms with Gasteiger partial charge in [0.05, 0.1) is 11.0 Å². The van der Waals surface area contributed by atoms with Crippen molar-refractivity contribution in [1.82, 2.24) is 20.2 Å². The molecule has 6 heteroatoms. The summed E-state index contributed by atoms with van der Waals surface area (Å²) in [5, 5.41) is 3.50. The molecule has 25 heavy (non-hydrogen) atoms. The number of benzene rings is 1. The largest absolute Gasteiger partial charge is 0.342 e. The van der Waals surface area contributed by atoms with Crippen molar-refractivity contribution in [3.8, 4) is 0 Å². The number of imidazole rings is 1. The third kappa shape index (κ3) is 3.42. The smallest absolute Gasteiger partial charge is 0.110 e. The number of aromatic nitrogens is 2. The SMILES string of the molecule is Cc1cccc2[nH]c(C3CCN(CC4[C@H]5CNC[C@@H]45)CC3)nc12.Cl.Cl. The quantitative estimate of drug-likeness (QED) is 0.854. The molecule has 1 aliphatic carbocycles. The van der Waals surface area contributed by atoms with Gasteiger partial charge in [0.1, 0.15) is 5.82 Å². The van der Waals surface area contributed by atoms with Crippen LogP contribution in [0.15, 0.2) is 18.2 Å². The molecule has 138 valence electrons. The molecule has 5 rings (SSSR count). The third-order valence-electron chi connectivity index (χ3n) is 6.45. The number of piperidine rings is 2. The van der Waals surface area contributed by atoms with E-state index in [0.29, 0.717) is 5.92 Å². The lowest BCUT2D eigenvalue weighted by atomic mass is 9.96. The van der Waals surface area contributed by atoms with Gasteiger partial charge in [-0.05, 0) is 75.3 Å². The van der Waals surface area contributed by atoms with Gasteiger partial charge >= 0.3 is 0 Å². The van der Waals surface area contributed by atoms with Gasteiger partial charge in [0, 0.05) is 12.5 Å². The number of aryl methyl sites for hydroxylation is 1. The van der Waals surface area contributed by atoms with Crippen LogP contribution in [0.4, 0.5) is 0 Å². The molecule has 2 saturated heterocycles. The highest BCUT2D eigenvalue weighted by atomic mass is 35.5. The van der Waals surface area contributed by atoms with Crippen molar-refractivity contribution in [3.05, 3.63) is 29.6 Å². The first kappa shape index (κ1) is 19.0. The minimum atomic E-state index is 0. The zero-order valence-corrected chi connectivity index (χ0v) is 16.3. The second kappa shape index (κ2) is 7.43. The van der Waals surface area contributed by atoms with Crippen LogP contribution in [0.2, 0.25) is 0 Å². The van der Waals surface area contributed by atoms with Crippen molar-refractivity contribution in [1.29, 1.82) is 0 Å². The lowest BCUT2D eigenvalue weighted by Gasteiger charge is -2.31. The highest BCUT2D eigenvalue weighted by Crippen LogP contribution is 2.49.